The highest BCUT2D eigenvalue weighted by atomic mass is 32.1. The van der Waals surface area contributed by atoms with E-state index in [4.69, 9.17) is 12.2 Å². The van der Waals surface area contributed by atoms with Crippen molar-refractivity contribution in [2.45, 2.75) is 32.1 Å². The topological polar surface area (TPSA) is 15.3 Å². The van der Waals surface area contributed by atoms with Gasteiger partial charge in [0, 0.05) is 18.8 Å². The van der Waals surface area contributed by atoms with Gasteiger partial charge in [0.05, 0.1) is 0 Å². The fraction of sp³-hybridized carbons (Fsp3) is 0.562. The van der Waals surface area contributed by atoms with Crippen LogP contribution in [0.1, 0.15) is 32.1 Å². The van der Waals surface area contributed by atoms with Crippen molar-refractivity contribution in [3.05, 3.63) is 30.1 Å². The Balaban J connectivity index is 1.58. The molecule has 2 aliphatic rings. The van der Waals surface area contributed by atoms with Crippen LogP contribution in [-0.4, -0.2) is 23.1 Å². The van der Waals surface area contributed by atoms with E-state index in [0.29, 0.717) is 0 Å². The molecule has 3 rings (SSSR count). The zero-order chi connectivity index (χ0) is 13.9. The zero-order valence-corrected chi connectivity index (χ0v) is 12.5. The van der Waals surface area contributed by atoms with Crippen molar-refractivity contribution in [1.29, 1.82) is 0 Å². The molecule has 1 aromatic carbocycles. The lowest BCUT2D eigenvalue weighted by molar-refractivity contribution is 0.131. The van der Waals surface area contributed by atoms with Gasteiger partial charge in [-0.1, -0.05) is 19.3 Å². The molecule has 0 spiro atoms. The minimum Gasteiger partial charge on any atom is -0.349 e. The van der Waals surface area contributed by atoms with E-state index in [0.717, 1.165) is 35.7 Å². The number of benzene rings is 1. The molecule has 108 valence electrons. The van der Waals surface area contributed by atoms with Crippen LogP contribution in [0, 0.1) is 17.7 Å². The van der Waals surface area contributed by atoms with E-state index < -0.39 is 0 Å². The summed E-state index contributed by atoms with van der Waals surface area (Å²) in [4.78, 5) is 2.28. The maximum absolute atomic E-state index is 12.9. The van der Waals surface area contributed by atoms with Gasteiger partial charge < -0.3 is 10.2 Å². The molecule has 0 unspecified atom stereocenters. The van der Waals surface area contributed by atoms with Crippen LogP contribution >= 0.6 is 12.2 Å². The smallest absolute Gasteiger partial charge is 0.173 e. The number of halogens is 1. The van der Waals surface area contributed by atoms with E-state index in [1.54, 1.807) is 12.1 Å². The highest BCUT2D eigenvalue weighted by Crippen LogP contribution is 2.36. The number of hydrogen-bond acceptors (Lipinski definition) is 1. The summed E-state index contributed by atoms with van der Waals surface area (Å²) in [6, 6.07) is 6.38. The van der Waals surface area contributed by atoms with E-state index >= 15 is 0 Å². The highest BCUT2D eigenvalue weighted by molar-refractivity contribution is 7.80. The largest absolute Gasteiger partial charge is 0.349 e. The van der Waals surface area contributed by atoms with Crippen LogP contribution in [0.5, 0.6) is 0 Å². The van der Waals surface area contributed by atoms with Gasteiger partial charge in [-0.05, 0) is 61.2 Å². The number of thiocarbonyl (C=S) groups is 1. The molecule has 20 heavy (non-hydrogen) atoms. The molecule has 1 aromatic rings. The molecular formula is C16H21FN2S. The lowest BCUT2D eigenvalue weighted by atomic mass is 9.75. The molecule has 2 nitrogen and oxygen atoms in total. The van der Waals surface area contributed by atoms with Crippen molar-refractivity contribution >= 4 is 23.0 Å². The van der Waals surface area contributed by atoms with E-state index in [1.165, 1.54) is 44.2 Å². The molecule has 0 bridgehead atoms. The maximum Gasteiger partial charge on any atom is 0.173 e. The van der Waals surface area contributed by atoms with Crippen LogP contribution in [0.3, 0.4) is 0 Å². The van der Waals surface area contributed by atoms with Crippen LogP contribution in [-0.2, 0) is 0 Å². The number of likely N-dealkylation sites (tertiary alicyclic amines) is 1. The van der Waals surface area contributed by atoms with Gasteiger partial charge in [0.2, 0.25) is 0 Å². The Hall–Kier alpha value is -1.16. The Morgan fingerprint density at radius 3 is 2.55 bits per heavy atom. The summed E-state index contributed by atoms with van der Waals surface area (Å²) in [5.74, 6) is 1.50. The first-order valence-electron chi connectivity index (χ1n) is 7.54. The minimum atomic E-state index is -0.218. The van der Waals surface area contributed by atoms with Gasteiger partial charge in [-0.2, -0.15) is 0 Å². The SMILES string of the molecule is Fc1ccc(NC(=S)N2CC[C@H]3CCCC[C@@H]3C2)cc1. The van der Waals surface area contributed by atoms with Gasteiger partial charge in [0.15, 0.2) is 5.11 Å². The monoisotopic (exact) mass is 292 g/mol. The molecule has 1 aliphatic heterocycles. The van der Waals surface area contributed by atoms with Gasteiger partial charge in [0.25, 0.3) is 0 Å². The predicted octanol–water partition coefficient (Wildman–Crippen LogP) is 4.03. The first-order chi connectivity index (χ1) is 9.72. The number of piperidine rings is 1. The molecule has 2 atom stereocenters. The van der Waals surface area contributed by atoms with Crippen LogP contribution in [0.4, 0.5) is 10.1 Å². The van der Waals surface area contributed by atoms with Crippen LogP contribution in [0.2, 0.25) is 0 Å². The quantitative estimate of drug-likeness (QED) is 0.787. The van der Waals surface area contributed by atoms with Crippen molar-refractivity contribution in [3.63, 3.8) is 0 Å². The van der Waals surface area contributed by atoms with Crippen LogP contribution < -0.4 is 5.32 Å². The summed E-state index contributed by atoms with van der Waals surface area (Å²) in [5.41, 5.74) is 0.863. The van der Waals surface area contributed by atoms with Crippen molar-refractivity contribution in [1.82, 2.24) is 4.90 Å². The Morgan fingerprint density at radius 2 is 1.80 bits per heavy atom. The average Bonchev–Trinajstić information content (AvgIpc) is 2.49. The third kappa shape index (κ3) is 3.11. The van der Waals surface area contributed by atoms with Crippen molar-refractivity contribution < 1.29 is 4.39 Å². The second-order valence-corrected chi connectivity index (χ2v) is 6.36. The molecule has 0 amide bonds. The molecule has 1 aliphatic carbocycles. The van der Waals surface area contributed by atoms with Gasteiger partial charge in [-0.3, -0.25) is 0 Å². The van der Waals surface area contributed by atoms with Crippen molar-refractivity contribution in [2.75, 3.05) is 18.4 Å². The third-order valence-electron chi connectivity index (χ3n) is 4.67. The van der Waals surface area contributed by atoms with Crippen molar-refractivity contribution in [2.24, 2.45) is 11.8 Å². The fourth-order valence-electron chi connectivity index (χ4n) is 3.52. The molecule has 1 N–H and O–H groups in total. The fourth-order valence-corrected chi connectivity index (χ4v) is 3.80. The number of fused-ring (bicyclic) bond motifs is 1. The molecule has 2 fully saturated rings. The van der Waals surface area contributed by atoms with Gasteiger partial charge in [-0.25, -0.2) is 4.39 Å². The van der Waals surface area contributed by atoms with Crippen molar-refractivity contribution in [3.8, 4) is 0 Å². The number of anilines is 1. The first-order valence-corrected chi connectivity index (χ1v) is 7.95. The number of hydrogen-bond donors (Lipinski definition) is 1. The van der Waals surface area contributed by atoms with Gasteiger partial charge in [-0.15, -0.1) is 0 Å². The van der Waals surface area contributed by atoms with Gasteiger partial charge >= 0.3 is 0 Å². The Labute approximate surface area is 125 Å². The molecule has 1 heterocycles. The lowest BCUT2D eigenvalue weighted by Gasteiger charge is -2.42. The second-order valence-electron chi connectivity index (χ2n) is 5.98. The molecule has 0 radical (unpaired) electrons. The molecule has 1 saturated heterocycles. The Kier molecular flexibility index (Phi) is 4.20. The Morgan fingerprint density at radius 1 is 1.10 bits per heavy atom. The highest BCUT2D eigenvalue weighted by Gasteiger charge is 2.31. The molecular weight excluding hydrogens is 271 g/mol. The summed E-state index contributed by atoms with van der Waals surface area (Å²) in [7, 11) is 0. The van der Waals surface area contributed by atoms with Crippen LogP contribution in [0.25, 0.3) is 0 Å². The van der Waals surface area contributed by atoms with E-state index in [-0.39, 0.29) is 5.82 Å². The minimum absolute atomic E-state index is 0.218. The second kappa shape index (κ2) is 6.08. The molecule has 1 saturated carbocycles. The Bertz CT molecular complexity index is 474. The van der Waals surface area contributed by atoms with Gasteiger partial charge in [0.1, 0.15) is 5.82 Å². The number of nitrogens with one attached hydrogen (secondary N) is 1. The lowest BCUT2D eigenvalue weighted by Crippen LogP contribution is -2.46. The first kappa shape index (κ1) is 13.8. The summed E-state index contributed by atoms with van der Waals surface area (Å²) in [6.07, 6.45) is 6.78. The summed E-state index contributed by atoms with van der Waals surface area (Å²) in [6.45, 7) is 2.13. The number of rotatable bonds is 1. The molecule has 4 heteroatoms. The average molecular weight is 292 g/mol. The molecule has 0 aromatic heterocycles. The predicted molar refractivity (Wildman–Crippen MR) is 84.3 cm³/mol. The van der Waals surface area contributed by atoms with E-state index in [9.17, 15) is 4.39 Å². The summed E-state index contributed by atoms with van der Waals surface area (Å²) < 4.78 is 12.9. The summed E-state index contributed by atoms with van der Waals surface area (Å²) in [5, 5.41) is 4.00. The standard InChI is InChI=1S/C16H21FN2S/c17-14-5-7-15(8-6-14)18-16(20)19-10-9-12-3-1-2-4-13(12)11-19/h5-8,12-13H,1-4,9-11H2,(H,18,20)/t12-,13-/m1/s1. The third-order valence-corrected chi connectivity index (χ3v) is 5.03. The van der Waals surface area contributed by atoms with Crippen LogP contribution in [0.15, 0.2) is 24.3 Å². The maximum atomic E-state index is 12.9. The van der Waals surface area contributed by atoms with E-state index in [1.807, 2.05) is 0 Å². The van der Waals surface area contributed by atoms with E-state index in [2.05, 4.69) is 10.2 Å². The summed E-state index contributed by atoms with van der Waals surface area (Å²) >= 11 is 5.50. The zero-order valence-electron chi connectivity index (χ0n) is 11.6. The number of nitrogens with zero attached hydrogens (tertiary/aromatic N) is 1. The normalized spacial score (nSPS) is 25.9.